The summed E-state index contributed by atoms with van der Waals surface area (Å²) in [5.74, 6) is 0. The van der Waals surface area contributed by atoms with Gasteiger partial charge in [-0.3, -0.25) is 0 Å². The van der Waals surface area contributed by atoms with Crippen LogP contribution in [0.25, 0.3) is 0 Å². The Morgan fingerprint density at radius 2 is 1.73 bits per heavy atom. The molecule has 2 heteroatoms. The number of aliphatic hydroxyl groups is 1. The van der Waals surface area contributed by atoms with Crippen LogP contribution in [-0.2, 0) is 6.42 Å². The van der Waals surface area contributed by atoms with Crippen molar-refractivity contribution in [2.75, 3.05) is 6.61 Å². The normalized spacial score (nSPS) is 19.3. The van der Waals surface area contributed by atoms with Crippen LogP contribution < -0.4 is 0 Å². The van der Waals surface area contributed by atoms with Gasteiger partial charge < -0.3 is 5.11 Å². The molecule has 1 aliphatic rings. The number of hydrogen-bond acceptors (Lipinski definition) is 1. The van der Waals surface area contributed by atoms with E-state index < -0.39 is 0 Å². The molecular formula is C13H17IO. The summed E-state index contributed by atoms with van der Waals surface area (Å²) in [6.45, 7) is 0.346. The molecule has 0 bridgehead atoms. The van der Waals surface area contributed by atoms with Gasteiger partial charge in [-0.1, -0.05) is 25.0 Å². The van der Waals surface area contributed by atoms with E-state index in [1.807, 2.05) is 0 Å². The van der Waals surface area contributed by atoms with Gasteiger partial charge in [-0.25, -0.2) is 0 Å². The molecule has 0 aliphatic heterocycles. The van der Waals surface area contributed by atoms with Crippen molar-refractivity contribution in [3.63, 3.8) is 0 Å². The van der Waals surface area contributed by atoms with E-state index in [4.69, 9.17) is 0 Å². The summed E-state index contributed by atoms with van der Waals surface area (Å²) in [6, 6.07) is 8.68. The van der Waals surface area contributed by atoms with E-state index in [-0.39, 0.29) is 5.41 Å². The molecular weight excluding hydrogens is 299 g/mol. The number of halogens is 1. The van der Waals surface area contributed by atoms with Crippen molar-refractivity contribution in [1.29, 1.82) is 0 Å². The molecule has 15 heavy (non-hydrogen) atoms. The Morgan fingerprint density at radius 1 is 1.13 bits per heavy atom. The Labute approximate surface area is 105 Å². The number of hydrogen-bond donors (Lipinski definition) is 1. The van der Waals surface area contributed by atoms with Gasteiger partial charge in [0.25, 0.3) is 0 Å². The van der Waals surface area contributed by atoms with E-state index in [0.29, 0.717) is 6.61 Å². The maximum absolute atomic E-state index is 9.53. The molecule has 1 aromatic carbocycles. The summed E-state index contributed by atoms with van der Waals surface area (Å²) >= 11 is 2.32. The molecule has 1 saturated carbocycles. The highest BCUT2D eigenvalue weighted by atomic mass is 127. The third-order valence-electron chi connectivity index (χ3n) is 3.49. The van der Waals surface area contributed by atoms with Gasteiger partial charge >= 0.3 is 0 Å². The van der Waals surface area contributed by atoms with Crippen molar-refractivity contribution in [3.05, 3.63) is 33.4 Å². The van der Waals surface area contributed by atoms with Crippen LogP contribution in [0.2, 0.25) is 0 Å². The first-order chi connectivity index (χ1) is 7.24. The fourth-order valence-corrected chi connectivity index (χ4v) is 2.91. The highest BCUT2D eigenvalue weighted by molar-refractivity contribution is 14.1. The van der Waals surface area contributed by atoms with Crippen molar-refractivity contribution < 1.29 is 5.11 Å². The third kappa shape index (κ3) is 2.72. The Morgan fingerprint density at radius 3 is 2.27 bits per heavy atom. The summed E-state index contributed by atoms with van der Waals surface area (Å²) in [5, 5.41) is 9.53. The van der Waals surface area contributed by atoms with Gasteiger partial charge in [0.05, 0.1) is 0 Å². The van der Waals surface area contributed by atoms with Crippen LogP contribution in [0.3, 0.4) is 0 Å². The van der Waals surface area contributed by atoms with Gasteiger partial charge in [0, 0.05) is 10.2 Å². The maximum atomic E-state index is 9.53. The molecule has 82 valence electrons. The molecule has 1 nitrogen and oxygen atoms in total. The van der Waals surface area contributed by atoms with Crippen LogP contribution in [0, 0.1) is 8.99 Å². The Bertz CT molecular complexity index is 312. The highest BCUT2D eigenvalue weighted by Gasteiger charge is 2.32. The van der Waals surface area contributed by atoms with Crippen LogP contribution in [-0.4, -0.2) is 11.7 Å². The van der Waals surface area contributed by atoms with Gasteiger partial charge in [-0.15, -0.1) is 0 Å². The van der Waals surface area contributed by atoms with Gasteiger partial charge in [0.2, 0.25) is 0 Å². The number of rotatable bonds is 3. The van der Waals surface area contributed by atoms with E-state index in [1.54, 1.807) is 0 Å². The Balaban J connectivity index is 2.09. The molecule has 0 spiro atoms. The van der Waals surface area contributed by atoms with Crippen molar-refractivity contribution in [2.45, 2.75) is 32.1 Å². The largest absolute Gasteiger partial charge is 0.396 e. The topological polar surface area (TPSA) is 20.2 Å². The lowest BCUT2D eigenvalue weighted by molar-refractivity contribution is 0.130. The van der Waals surface area contributed by atoms with E-state index in [2.05, 4.69) is 46.9 Å². The highest BCUT2D eigenvalue weighted by Crippen LogP contribution is 2.40. The SMILES string of the molecule is OCC1(Cc2ccc(I)cc2)CCCC1. The molecule has 1 fully saturated rings. The molecule has 0 atom stereocenters. The maximum Gasteiger partial charge on any atom is 0.0490 e. The first-order valence-corrected chi connectivity index (χ1v) is 6.67. The van der Waals surface area contributed by atoms with Crippen molar-refractivity contribution >= 4 is 22.6 Å². The minimum atomic E-state index is 0.187. The Kier molecular flexibility index (Phi) is 3.67. The Hall–Kier alpha value is -0.0900. The molecule has 0 saturated heterocycles. The predicted octanol–water partition coefficient (Wildman–Crippen LogP) is 3.39. The number of aliphatic hydroxyl groups excluding tert-OH is 1. The lowest BCUT2D eigenvalue weighted by Crippen LogP contribution is -2.24. The summed E-state index contributed by atoms with van der Waals surface area (Å²) in [6.07, 6.45) is 5.99. The summed E-state index contributed by atoms with van der Waals surface area (Å²) in [5.41, 5.74) is 1.55. The number of benzene rings is 1. The fraction of sp³-hybridized carbons (Fsp3) is 0.538. The average molecular weight is 316 g/mol. The summed E-state index contributed by atoms with van der Waals surface area (Å²) in [4.78, 5) is 0. The van der Waals surface area contributed by atoms with Crippen molar-refractivity contribution in [1.82, 2.24) is 0 Å². The lowest BCUT2D eigenvalue weighted by atomic mass is 9.81. The molecule has 1 N–H and O–H groups in total. The zero-order valence-electron chi connectivity index (χ0n) is 8.88. The first kappa shape index (κ1) is 11.4. The minimum absolute atomic E-state index is 0.187. The standard InChI is InChI=1S/C13H17IO/c14-12-5-3-11(4-6-12)9-13(10-15)7-1-2-8-13/h3-6,15H,1-2,7-10H2. The second kappa shape index (κ2) is 4.83. The molecule has 0 heterocycles. The molecule has 2 rings (SSSR count). The quantitative estimate of drug-likeness (QED) is 0.848. The molecule has 0 aromatic heterocycles. The third-order valence-corrected chi connectivity index (χ3v) is 4.21. The molecule has 1 aromatic rings. The molecule has 1 aliphatic carbocycles. The van der Waals surface area contributed by atoms with Crippen LogP contribution in [0.4, 0.5) is 0 Å². The van der Waals surface area contributed by atoms with Crippen LogP contribution in [0.15, 0.2) is 24.3 Å². The van der Waals surface area contributed by atoms with Gasteiger partial charge in [0.1, 0.15) is 0 Å². The second-order valence-corrected chi connectivity index (χ2v) is 5.91. The zero-order valence-corrected chi connectivity index (χ0v) is 11.0. The summed E-state index contributed by atoms with van der Waals surface area (Å²) in [7, 11) is 0. The monoisotopic (exact) mass is 316 g/mol. The first-order valence-electron chi connectivity index (χ1n) is 5.59. The smallest absolute Gasteiger partial charge is 0.0490 e. The van der Waals surface area contributed by atoms with Gasteiger partial charge in [0.15, 0.2) is 0 Å². The van der Waals surface area contributed by atoms with E-state index >= 15 is 0 Å². The second-order valence-electron chi connectivity index (χ2n) is 4.67. The molecule has 0 amide bonds. The van der Waals surface area contributed by atoms with Crippen molar-refractivity contribution in [3.8, 4) is 0 Å². The lowest BCUT2D eigenvalue weighted by Gasteiger charge is -2.26. The summed E-state index contributed by atoms with van der Waals surface area (Å²) < 4.78 is 1.28. The van der Waals surface area contributed by atoms with Gasteiger partial charge in [-0.05, 0) is 65.0 Å². The van der Waals surface area contributed by atoms with E-state index in [9.17, 15) is 5.11 Å². The molecule has 0 radical (unpaired) electrons. The average Bonchev–Trinajstić information content (AvgIpc) is 2.71. The van der Waals surface area contributed by atoms with E-state index in [0.717, 1.165) is 6.42 Å². The van der Waals surface area contributed by atoms with Crippen molar-refractivity contribution in [2.24, 2.45) is 5.41 Å². The van der Waals surface area contributed by atoms with Crippen LogP contribution in [0.1, 0.15) is 31.2 Å². The molecule has 0 unspecified atom stereocenters. The predicted molar refractivity (Wildman–Crippen MR) is 70.8 cm³/mol. The van der Waals surface area contributed by atoms with Crippen LogP contribution in [0.5, 0.6) is 0 Å². The van der Waals surface area contributed by atoms with Crippen LogP contribution >= 0.6 is 22.6 Å². The fourth-order valence-electron chi connectivity index (χ4n) is 2.55. The van der Waals surface area contributed by atoms with Gasteiger partial charge in [-0.2, -0.15) is 0 Å². The minimum Gasteiger partial charge on any atom is -0.396 e. The zero-order chi connectivity index (χ0) is 10.7. The van der Waals surface area contributed by atoms with E-state index in [1.165, 1.54) is 34.8 Å².